The van der Waals surface area contributed by atoms with Gasteiger partial charge in [-0.05, 0) is 24.7 Å². The van der Waals surface area contributed by atoms with Gasteiger partial charge in [0, 0.05) is 27.7 Å². The van der Waals surface area contributed by atoms with Crippen molar-refractivity contribution in [2.75, 3.05) is 39.6 Å². The standard InChI is InChI=1S/C13H19F2N3O/c1-16-7-9-5-10(14)13(11(15)6-9)18(4)8-12(19)17(2)3/h5-6,16H,7-8H2,1-4H3. The number of amides is 1. The first-order chi connectivity index (χ1) is 8.86. The average molecular weight is 271 g/mol. The second-order valence-electron chi connectivity index (χ2n) is 4.58. The Morgan fingerprint density at radius 3 is 2.16 bits per heavy atom. The Morgan fingerprint density at radius 2 is 1.74 bits per heavy atom. The summed E-state index contributed by atoms with van der Waals surface area (Å²) < 4.78 is 27.8. The number of hydrogen-bond donors (Lipinski definition) is 1. The molecule has 0 aromatic heterocycles. The molecule has 1 N–H and O–H groups in total. The first kappa shape index (κ1) is 15.4. The Labute approximate surface area is 112 Å². The van der Waals surface area contributed by atoms with Crippen LogP contribution in [-0.2, 0) is 11.3 Å². The summed E-state index contributed by atoms with van der Waals surface area (Å²) in [5.74, 6) is -1.56. The van der Waals surface area contributed by atoms with Crippen LogP contribution in [0.2, 0.25) is 0 Å². The summed E-state index contributed by atoms with van der Waals surface area (Å²) in [6, 6.07) is 2.54. The van der Waals surface area contributed by atoms with E-state index in [1.54, 1.807) is 21.1 Å². The van der Waals surface area contributed by atoms with Crippen LogP contribution >= 0.6 is 0 Å². The fourth-order valence-electron chi connectivity index (χ4n) is 1.71. The second-order valence-corrected chi connectivity index (χ2v) is 4.58. The van der Waals surface area contributed by atoms with Crippen molar-refractivity contribution in [3.63, 3.8) is 0 Å². The molecule has 4 nitrogen and oxygen atoms in total. The number of nitrogens with one attached hydrogen (secondary N) is 1. The zero-order valence-electron chi connectivity index (χ0n) is 11.6. The van der Waals surface area contributed by atoms with Gasteiger partial charge in [-0.25, -0.2) is 8.78 Å². The molecule has 0 spiro atoms. The SMILES string of the molecule is CNCc1cc(F)c(N(C)CC(=O)N(C)C)c(F)c1. The Bertz CT molecular complexity index is 440. The summed E-state index contributed by atoms with van der Waals surface area (Å²) in [6.07, 6.45) is 0. The van der Waals surface area contributed by atoms with Crippen molar-refractivity contribution in [2.24, 2.45) is 0 Å². The minimum atomic E-state index is -0.667. The van der Waals surface area contributed by atoms with Crippen molar-refractivity contribution in [2.45, 2.75) is 6.54 Å². The molecular formula is C13H19F2N3O. The predicted octanol–water partition coefficient (Wildman–Crippen LogP) is 1.21. The van der Waals surface area contributed by atoms with E-state index in [-0.39, 0.29) is 18.1 Å². The van der Waals surface area contributed by atoms with Crippen LogP contribution in [0.3, 0.4) is 0 Å². The molecule has 106 valence electrons. The van der Waals surface area contributed by atoms with E-state index in [9.17, 15) is 13.6 Å². The lowest BCUT2D eigenvalue weighted by Gasteiger charge is -2.22. The molecule has 0 aliphatic carbocycles. The highest BCUT2D eigenvalue weighted by molar-refractivity contribution is 5.81. The van der Waals surface area contributed by atoms with Gasteiger partial charge in [-0.1, -0.05) is 0 Å². The zero-order chi connectivity index (χ0) is 14.6. The maximum atomic E-state index is 13.9. The lowest BCUT2D eigenvalue weighted by molar-refractivity contribution is -0.127. The Morgan fingerprint density at radius 1 is 1.21 bits per heavy atom. The van der Waals surface area contributed by atoms with Gasteiger partial charge >= 0.3 is 0 Å². The monoisotopic (exact) mass is 271 g/mol. The number of carbonyl (C=O) groups excluding carboxylic acids is 1. The highest BCUT2D eigenvalue weighted by Crippen LogP contribution is 2.24. The van der Waals surface area contributed by atoms with E-state index in [2.05, 4.69) is 5.32 Å². The van der Waals surface area contributed by atoms with Crippen LogP contribution in [0.5, 0.6) is 0 Å². The van der Waals surface area contributed by atoms with Gasteiger partial charge in [-0.15, -0.1) is 0 Å². The fraction of sp³-hybridized carbons (Fsp3) is 0.462. The molecule has 0 saturated carbocycles. The second kappa shape index (κ2) is 6.47. The number of carbonyl (C=O) groups is 1. The number of rotatable bonds is 5. The molecule has 0 aliphatic rings. The van der Waals surface area contributed by atoms with E-state index in [4.69, 9.17) is 0 Å². The van der Waals surface area contributed by atoms with Crippen molar-refractivity contribution in [1.82, 2.24) is 10.2 Å². The summed E-state index contributed by atoms with van der Waals surface area (Å²) in [4.78, 5) is 14.2. The maximum Gasteiger partial charge on any atom is 0.241 e. The quantitative estimate of drug-likeness (QED) is 0.874. The molecule has 1 aromatic rings. The number of likely N-dealkylation sites (N-methyl/N-ethyl adjacent to an activating group) is 2. The number of nitrogens with zero attached hydrogens (tertiary/aromatic N) is 2. The minimum absolute atomic E-state index is 0.0772. The van der Waals surface area contributed by atoms with Crippen LogP contribution in [0.25, 0.3) is 0 Å². The van der Waals surface area contributed by atoms with Crippen molar-refractivity contribution in [3.05, 3.63) is 29.3 Å². The molecule has 0 fully saturated rings. The third-order valence-electron chi connectivity index (χ3n) is 2.71. The molecule has 0 radical (unpaired) electrons. The summed E-state index contributed by atoms with van der Waals surface area (Å²) in [7, 11) is 6.38. The minimum Gasteiger partial charge on any atom is -0.361 e. The molecule has 19 heavy (non-hydrogen) atoms. The van der Waals surface area contributed by atoms with E-state index in [1.807, 2.05) is 0 Å². The number of hydrogen-bond acceptors (Lipinski definition) is 3. The van der Waals surface area contributed by atoms with Crippen LogP contribution in [0.1, 0.15) is 5.56 Å². The highest BCUT2D eigenvalue weighted by Gasteiger charge is 2.18. The van der Waals surface area contributed by atoms with Crippen molar-refractivity contribution in [3.8, 4) is 0 Å². The molecule has 0 atom stereocenters. The number of halogens is 2. The van der Waals surface area contributed by atoms with E-state index < -0.39 is 11.6 Å². The Hall–Kier alpha value is -1.69. The van der Waals surface area contributed by atoms with Crippen molar-refractivity contribution < 1.29 is 13.6 Å². The van der Waals surface area contributed by atoms with Gasteiger partial charge in [0.1, 0.15) is 17.3 Å². The number of benzene rings is 1. The van der Waals surface area contributed by atoms with Crippen LogP contribution in [0.4, 0.5) is 14.5 Å². The fourth-order valence-corrected chi connectivity index (χ4v) is 1.71. The van der Waals surface area contributed by atoms with Gasteiger partial charge in [-0.3, -0.25) is 4.79 Å². The topological polar surface area (TPSA) is 35.6 Å². The van der Waals surface area contributed by atoms with E-state index in [0.29, 0.717) is 12.1 Å². The van der Waals surface area contributed by atoms with E-state index in [1.165, 1.54) is 29.0 Å². The largest absolute Gasteiger partial charge is 0.361 e. The summed E-state index contributed by atoms with van der Waals surface area (Å²) in [5, 5.41) is 2.83. The summed E-state index contributed by atoms with van der Waals surface area (Å²) in [6.45, 7) is 0.306. The van der Waals surface area contributed by atoms with Crippen LogP contribution in [0.15, 0.2) is 12.1 Å². The van der Waals surface area contributed by atoms with Gasteiger partial charge in [0.05, 0.1) is 6.54 Å². The average Bonchev–Trinajstić information content (AvgIpc) is 2.27. The summed E-state index contributed by atoms with van der Waals surface area (Å²) in [5.41, 5.74) is 0.337. The molecule has 0 unspecified atom stereocenters. The molecule has 1 rings (SSSR count). The molecule has 0 bridgehead atoms. The smallest absolute Gasteiger partial charge is 0.241 e. The van der Waals surface area contributed by atoms with Crippen LogP contribution in [-0.4, -0.2) is 45.5 Å². The van der Waals surface area contributed by atoms with Gasteiger partial charge in [0.25, 0.3) is 0 Å². The van der Waals surface area contributed by atoms with E-state index in [0.717, 1.165) is 0 Å². The van der Waals surface area contributed by atoms with Crippen molar-refractivity contribution >= 4 is 11.6 Å². The third kappa shape index (κ3) is 3.89. The third-order valence-corrected chi connectivity index (χ3v) is 2.71. The molecule has 0 saturated heterocycles. The highest BCUT2D eigenvalue weighted by atomic mass is 19.1. The van der Waals surface area contributed by atoms with Crippen molar-refractivity contribution in [1.29, 1.82) is 0 Å². The Balaban J connectivity index is 2.97. The van der Waals surface area contributed by atoms with Gasteiger partial charge in [0.15, 0.2) is 0 Å². The van der Waals surface area contributed by atoms with Gasteiger partial charge in [0.2, 0.25) is 5.91 Å². The van der Waals surface area contributed by atoms with E-state index >= 15 is 0 Å². The Kier molecular flexibility index (Phi) is 5.23. The lowest BCUT2D eigenvalue weighted by Crippen LogP contribution is -2.35. The zero-order valence-corrected chi connectivity index (χ0v) is 11.6. The molecule has 6 heteroatoms. The summed E-state index contributed by atoms with van der Waals surface area (Å²) >= 11 is 0. The maximum absolute atomic E-state index is 13.9. The first-order valence-electron chi connectivity index (χ1n) is 5.90. The molecular weight excluding hydrogens is 252 g/mol. The predicted molar refractivity (Wildman–Crippen MR) is 71.1 cm³/mol. The first-order valence-corrected chi connectivity index (χ1v) is 5.90. The van der Waals surface area contributed by atoms with Crippen LogP contribution < -0.4 is 10.2 Å². The number of anilines is 1. The molecule has 0 aliphatic heterocycles. The van der Waals surface area contributed by atoms with Gasteiger partial charge < -0.3 is 15.1 Å². The normalized spacial score (nSPS) is 10.4. The molecule has 1 amide bonds. The van der Waals surface area contributed by atoms with Gasteiger partial charge in [-0.2, -0.15) is 0 Å². The molecule has 0 heterocycles. The molecule has 1 aromatic carbocycles. The van der Waals surface area contributed by atoms with Crippen LogP contribution in [0, 0.1) is 11.6 Å². The lowest BCUT2D eigenvalue weighted by atomic mass is 10.1.